The van der Waals surface area contributed by atoms with E-state index >= 15 is 0 Å². The summed E-state index contributed by atoms with van der Waals surface area (Å²) in [7, 11) is -3.78. The van der Waals surface area contributed by atoms with Gasteiger partial charge in [-0.2, -0.15) is 4.31 Å². The first-order chi connectivity index (χ1) is 20.1. The quantitative estimate of drug-likeness (QED) is 0.461. The van der Waals surface area contributed by atoms with E-state index < -0.39 is 16.1 Å². The fourth-order valence-electron chi connectivity index (χ4n) is 6.61. The van der Waals surface area contributed by atoms with Crippen LogP contribution in [0, 0.1) is 5.41 Å². The maximum absolute atomic E-state index is 13.9. The molecule has 2 aliphatic heterocycles. The van der Waals surface area contributed by atoms with Crippen LogP contribution in [0.15, 0.2) is 41.7 Å². The average Bonchev–Trinajstić information content (AvgIpc) is 3.18. The van der Waals surface area contributed by atoms with Crippen molar-refractivity contribution < 1.29 is 18.3 Å². The van der Waals surface area contributed by atoms with Gasteiger partial charge in [-0.05, 0) is 74.6 Å². The monoisotopic (exact) mass is 591 g/mol. The first kappa shape index (κ1) is 29.0. The molecule has 3 aliphatic rings. The summed E-state index contributed by atoms with van der Waals surface area (Å²) in [5, 5.41) is 10.1. The highest BCUT2D eigenvalue weighted by Gasteiger charge is 2.36. The molecule has 1 fully saturated rings. The molecule has 2 unspecified atom stereocenters. The summed E-state index contributed by atoms with van der Waals surface area (Å²) >= 11 is 0. The van der Waals surface area contributed by atoms with E-state index in [1.807, 2.05) is 26.0 Å². The molecule has 0 bridgehead atoms. The molecule has 9 nitrogen and oxygen atoms in total. The van der Waals surface area contributed by atoms with Crippen molar-refractivity contribution in [2.75, 3.05) is 24.6 Å². The predicted octanol–water partition coefficient (Wildman–Crippen LogP) is 4.55. The number of aliphatic hydroxyl groups excluding tert-OH is 1. The number of hydrogen-bond donors (Lipinski definition) is 1. The van der Waals surface area contributed by atoms with Crippen LogP contribution in [0.3, 0.4) is 0 Å². The number of aryl methyl sites for hydroxylation is 2. The van der Waals surface area contributed by atoms with E-state index in [1.165, 1.54) is 9.87 Å². The second kappa shape index (κ2) is 11.2. The predicted molar refractivity (Wildman–Crippen MR) is 162 cm³/mol. The molecule has 1 N–H and O–H groups in total. The highest BCUT2D eigenvalue weighted by Crippen LogP contribution is 2.39. The normalized spacial score (nSPS) is 22.5. The third-order valence-corrected chi connectivity index (χ3v) is 11.1. The van der Waals surface area contributed by atoms with Gasteiger partial charge in [0.25, 0.3) is 0 Å². The van der Waals surface area contributed by atoms with Gasteiger partial charge in [-0.3, -0.25) is 4.98 Å². The van der Waals surface area contributed by atoms with Gasteiger partial charge in [-0.25, -0.2) is 18.4 Å². The van der Waals surface area contributed by atoms with Gasteiger partial charge < -0.3 is 14.7 Å². The van der Waals surface area contributed by atoms with Crippen LogP contribution in [-0.2, 0) is 35.8 Å². The highest BCUT2D eigenvalue weighted by molar-refractivity contribution is 7.89. The number of pyridine rings is 1. The van der Waals surface area contributed by atoms with E-state index in [-0.39, 0.29) is 16.4 Å². The molecule has 224 valence electrons. The third kappa shape index (κ3) is 5.52. The molecule has 0 radical (unpaired) electrons. The standard InChI is InChI=1S/C32H41N5O4S/c1-5-27-30(42(39,40)37-11-9-25(38)14-21(37)2)16-23(18-33-27)22-6-7-29-24(15-22)19-36(12-13-41-29)31-26-17-32(3,4)10-8-28(26)34-20-35-31/h6-7,15-16,18,20-21,25,38H,5,8-14,17,19H2,1-4H3. The fourth-order valence-corrected chi connectivity index (χ4v) is 8.54. The van der Waals surface area contributed by atoms with Gasteiger partial charge in [0.2, 0.25) is 10.0 Å². The zero-order valence-corrected chi connectivity index (χ0v) is 25.8. The number of ether oxygens (including phenoxy) is 1. The Morgan fingerprint density at radius 3 is 2.74 bits per heavy atom. The fraction of sp³-hybridized carbons (Fsp3) is 0.531. The van der Waals surface area contributed by atoms with Gasteiger partial charge in [0.05, 0.1) is 18.3 Å². The van der Waals surface area contributed by atoms with Gasteiger partial charge >= 0.3 is 0 Å². The van der Waals surface area contributed by atoms with Crippen molar-refractivity contribution in [3.05, 3.63) is 59.3 Å². The molecule has 2 aromatic heterocycles. The summed E-state index contributed by atoms with van der Waals surface area (Å²) < 4.78 is 35.4. The Morgan fingerprint density at radius 2 is 1.95 bits per heavy atom. The van der Waals surface area contributed by atoms with Crippen molar-refractivity contribution in [2.45, 2.75) is 89.8 Å². The molecule has 6 rings (SSSR count). The SMILES string of the molecule is CCc1ncc(-c2ccc3c(c2)CN(c2ncnc4c2CC(C)(C)CC4)CCO3)cc1S(=O)(=O)N1CCC(O)CC1C. The number of rotatable bonds is 5. The molecular weight excluding hydrogens is 550 g/mol. The Labute approximate surface area is 249 Å². The first-order valence-corrected chi connectivity index (χ1v) is 16.5. The lowest BCUT2D eigenvalue weighted by atomic mass is 9.76. The van der Waals surface area contributed by atoms with Crippen molar-refractivity contribution in [3.8, 4) is 16.9 Å². The molecule has 1 aliphatic carbocycles. The molecule has 1 saturated heterocycles. The number of anilines is 1. The van der Waals surface area contributed by atoms with E-state index in [2.05, 4.69) is 34.8 Å². The van der Waals surface area contributed by atoms with Crippen molar-refractivity contribution in [3.63, 3.8) is 0 Å². The zero-order chi connectivity index (χ0) is 29.6. The summed E-state index contributed by atoms with van der Waals surface area (Å²) in [5.41, 5.74) is 5.80. The molecule has 0 amide bonds. The number of benzene rings is 1. The largest absolute Gasteiger partial charge is 0.491 e. The smallest absolute Gasteiger partial charge is 0.245 e. The van der Waals surface area contributed by atoms with Crippen LogP contribution in [0.25, 0.3) is 11.1 Å². The van der Waals surface area contributed by atoms with Gasteiger partial charge in [-0.15, -0.1) is 0 Å². The molecule has 4 heterocycles. The van der Waals surface area contributed by atoms with Gasteiger partial charge in [0.1, 0.15) is 29.4 Å². The minimum atomic E-state index is -3.78. The molecule has 42 heavy (non-hydrogen) atoms. The molecular formula is C32H41N5O4S. The molecule has 1 aromatic carbocycles. The minimum absolute atomic E-state index is 0.210. The second-order valence-electron chi connectivity index (χ2n) is 12.7. The average molecular weight is 592 g/mol. The first-order valence-electron chi connectivity index (χ1n) is 15.1. The van der Waals surface area contributed by atoms with E-state index in [9.17, 15) is 13.5 Å². The number of fused-ring (bicyclic) bond motifs is 2. The van der Waals surface area contributed by atoms with Gasteiger partial charge in [0.15, 0.2) is 0 Å². The molecule has 3 aromatic rings. The van der Waals surface area contributed by atoms with Crippen LogP contribution in [0.4, 0.5) is 5.82 Å². The molecule has 2 atom stereocenters. The number of sulfonamides is 1. The number of aromatic nitrogens is 3. The lowest BCUT2D eigenvalue weighted by molar-refractivity contribution is 0.0867. The number of aliphatic hydroxyl groups is 1. The van der Waals surface area contributed by atoms with Crippen LogP contribution in [0.5, 0.6) is 5.75 Å². The van der Waals surface area contributed by atoms with Crippen LogP contribution in [0.1, 0.15) is 69.5 Å². The summed E-state index contributed by atoms with van der Waals surface area (Å²) in [6, 6.07) is 7.52. The van der Waals surface area contributed by atoms with Gasteiger partial charge in [0, 0.05) is 47.7 Å². The number of hydrogen-bond acceptors (Lipinski definition) is 8. The summed E-state index contributed by atoms with van der Waals surface area (Å²) in [4.78, 5) is 16.5. The van der Waals surface area contributed by atoms with Crippen molar-refractivity contribution in [2.24, 2.45) is 5.41 Å². The van der Waals surface area contributed by atoms with Crippen LogP contribution < -0.4 is 9.64 Å². The Morgan fingerprint density at radius 1 is 1.12 bits per heavy atom. The van der Waals surface area contributed by atoms with Crippen LogP contribution >= 0.6 is 0 Å². The Bertz CT molecular complexity index is 1590. The van der Waals surface area contributed by atoms with Crippen molar-refractivity contribution in [1.82, 2.24) is 19.3 Å². The number of nitrogens with zero attached hydrogens (tertiary/aromatic N) is 5. The van der Waals surface area contributed by atoms with Crippen LogP contribution in [-0.4, -0.2) is 64.6 Å². The molecule has 10 heteroatoms. The molecule has 0 saturated carbocycles. The Kier molecular flexibility index (Phi) is 7.74. The zero-order valence-electron chi connectivity index (χ0n) is 25.0. The maximum Gasteiger partial charge on any atom is 0.245 e. The number of piperidine rings is 1. The minimum Gasteiger partial charge on any atom is -0.491 e. The summed E-state index contributed by atoms with van der Waals surface area (Å²) in [5.74, 6) is 1.81. The lowest BCUT2D eigenvalue weighted by Gasteiger charge is -2.35. The van der Waals surface area contributed by atoms with Crippen LogP contribution in [0.2, 0.25) is 0 Å². The van der Waals surface area contributed by atoms with E-state index in [1.54, 1.807) is 18.6 Å². The maximum atomic E-state index is 13.9. The topological polar surface area (TPSA) is 109 Å². The van der Waals surface area contributed by atoms with Crippen molar-refractivity contribution in [1.29, 1.82) is 0 Å². The van der Waals surface area contributed by atoms with Gasteiger partial charge in [-0.1, -0.05) is 26.8 Å². The van der Waals surface area contributed by atoms with E-state index in [0.29, 0.717) is 51.2 Å². The summed E-state index contributed by atoms with van der Waals surface area (Å²) in [6.45, 7) is 10.6. The summed E-state index contributed by atoms with van der Waals surface area (Å²) in [6.07, 6.45) is 7.38. The van der Waals surface area contributed by atoms with E-state index in [4.69, 9.17) is 9.72 Å². The van der Waals surface area contributed by atoms with E-state index in [0.717, 1.165) is 53.2 Å². The lowest BCUT2D eigenvalue weighted by Crippen LogP contribution is -2.46. The highest BCUT2D eigenvalue weighted by atomic mass is 32.2. The van der Waals surface area contributed by atoms with Crippen molar-refractivity contribution >= 4 is 15.8 Å². The Balaban J connectivity index is 1.34. The third-order valence-electron chi connectivity index (χ3n) is 9.02. The Hall–Kier alpha value is -3.08. The molecule has 0 spiro atoms. The second-order valence-corrected chi connectivity index (χ2v) is 14.6.